The van der Waals surface area contributed by atoms with Gasteiger partial charge in [0.05, 0.1) is 22.5 Å². The molecular weight excluding hydrogens is 306 g/mol. The zero-order valence-corrected chi connectivity index (χ0v) is 13.7. The number of hydrogen-bond donors (Lipinski definition) is 2. The number of carboxylic acids is 1. The van der Waals surface area contributed by atoms with Crippen molar-refractivity contribution in [1.82, 2.24) is 5.32 Å². The first-order chi connectivity index (χ1) is 10.0. The Hall–Kier alpha value is -1.89. The van der Waals surface area contributed by atoms with Gasteiger partial charge >= 0.3 is 5.97 Å². The Kier molecular flexibility index (Phi) is 5.71. The molecule has 0 bridgehead atoms. The van der Waals surface area contributed by atoms with E-state index in [9.17, 15) is 18.0 Å². The molecule has 0 radical (unpaired) electrons. The lowest BCUT2D eigenvalue weighted by Gasteiger charge is -2.19. The van der Waals surface area contributed by atoms with Gasteiger partial charge in [0, 0.05) is 6.54 Å². The minimum absolute atomic E-state index is 0.0106. The first kappa shape index (κ1) is 18.2. The molecule has 0 saturated heterocycles. The number of rotatable bonds is 6. The lowest BCUT2D eigenvalue weighted by Crippen LogP contribution is -2.36. The Balaban J connectivity index is 2.55. The molecule has 0 spiro atoms. The van der Waals surface area contributed by atoms with Crippen molar-refractivity contribution in [1.29, 1.82) is 0 Å². The second kappa shape index (κ2) is 6.91. The highest BCUT2D eigenvalue weighted by atomic mass is 32.2. The molecule has 0 atom stereocenters. The number of aromatic carboxylic acids is 1. The number of hydrogen-bond acceptors (Lipinski definition) is 4. The number of sulfone groups is 1. The zero-order valence-electron chi connectivity index (χ0n) is 12.9. The third kappa shape index (κ3) is 5.14. The van der Waals surface area contributed by atoms with Gasteiger partial charge in [-0.2, -0.15) is 0 Å². The molecule has 122 valence electrons. The van der Waals surface area contributed by atoms with E-state index in [2.05, 4.69) is 5.32 Å². The Bertz CT molecular complexity index is 659. The maximum absolute atomic E-state index is 11.9. The molecule has 22 heavy (non-hydrogen) atoms. The quantitative estimate of drug-likeness (QED) is 0.819. The summed E-state index contributed by atoms with van der Waals surface area (Å²) in [6.45, 7) is 4.88. The highest BCUT2D eigenvalue weighted by Gasteiger charge is 2.28. The molecule has 1 aromatic rings. The molecule has 0 unspecified atom stereocenters. The van der Waals surface area contributed by atoms with Crippen LogP contribution in [0.2, 0.25) is 0 Å². The minimum Gasteiger partial charge on any atom is -0.478 e. The summed E-state index contributed by atoms with van der Waals surface area (Å²) >= 11 is 0. The maximum Gasteiger partial charge on any atom is 0.335 e. The Labute approximate surface area is 130 Å². The van der Waals surface area contributed by atoms with Crippen molar-refractivity contribution >= 4 is 21.7 Å². The first-order valence-corrected chi connectivity index (χ1v) is 8.49. The summed E-state index contributed by atoms with van der Waals surface area (Å²) in [6, 6.07) is 6.08. The largest absolute Gasteiger partial charge is 0.478 e. The van der Waals surface area contributed by atoms with Crippen molar-refractivity contribution < 1.29 is 23.1 Å². The van der Waals surface area contributed by atoms with Crippen molar-refractivity contribution in [3.05, 3.63) is 35.4 Å². The third-order valence-corrected chi connectivity index (χ3v) is 5.77. The van der Waals surface area contributed by atoms with Gasteiger partial charge in [-0.25, -0.2) is 13.2 Å². The summed E-state index contributed by atoms with van der Waals surface area (Å²) in [5, 5.41) is 11.4. The molecule has 1 rings (SSSR count). The summed E-state index contributed by atoms with van der Waals surface area (Å²) in [5.74, 6) is -1.53. The van der Waals surface area contributed by atoms with Gasteiger partial charge in [0.2, 0.25) is 5.91 Å². The fraction of sp³-hybridized carbons (Fsp3) is 0.467. The van der Waals surface area contributed by atoms with Crippen LogP contribution in [0.5, 0.6) is 0 Å². The fourth-order valence-electron chi connectivity index (χ4n) is 1.69. The van der Waals surface area contributed by atoms with Crippen LogP contribution < -0.4 is 5.32 Å². The van der Waals surface area contributed by atoms with Crippen LogP contribution >= 0.6 is 0 Å². The van der Waals surface area contributed by atoms with E-state index in [-0.39, 0.29) is 30.2 Å². The number of benzene rings is 1. The minimum atomic E-state index is -3.28. The van der Waals surface area contributed by atoms with Crippen LogP contribution in [0.4, 0.5) is 0 Å². The van der Waals surface area contributed by atoms with E-state index in [4.69, 9.17) is 5.11 Å². The van der Waals surface area contributed by atoms with Gasteiger partial charge in [-0.1, -0.05) is 12.1 Å². The monoisotopic (exact) mass is 327 g/mol. The van der Waals surface area contributed by atoms with E-state index in [0.717, 1.165) is 0 Å². The summed E-state index contributed by atoms with van der Waals surface area (Å²) in [4.78, 5) is 22.6. The molecule has 0 aromatic heterocycles. The lowest BCUT2D eigenvalue weighted by molar-refractivity contribution is -0.120. The summed E-state index contributed by atoms with van der Waals surface area (Å²) in [5.41, 5.74) is 0.677. The average molecular weight is 327 g/mol. The molecule has 0 aliphatic rings. The standard InChI is InChI=1S/C15H21NO5S/c1-15(2,3)22(20,21)8-7-16-13(17)10-11-5-4-6-12(9-11)14(18)19/h4-6,9H,7-8,10H2,1-3H3,(H,16,17)(H,18,19). The van der Waals surface area contributed by atoms with E-state index in [1.165, 1.54) is 12.1 Å². The van der Waals surface area contributed by atoms with E-state index >= 15 is 0 Å². The van der Waals surface area contributed by atoms with Gasteiger partial charge in [-0.15, -0.1) is 0 Å². The highest BCUT2D eigenvalue weighted by Crippen LogP contribution is 2.15. The zero-order chi connectivity index (χ0) is 17.0. The summed E-state index contributed by atoms with van der Waals surface area (Å²) in [7, 11) is -3.28. The molecule has 0 fully saturated rings. The Morgan fingerprint density at radius 3 is 2.41 bits per heavy atom. The fourth-order valence-corrected chi connectivity index (χ4v) is 2.68. The SMILES string of the molecule is CC(C)(C)S(=O)(=O)CCNC(=O)Cc1cccc(C(=O)O)c1. The first-order valence-electron chi connectivity index (χ1n) is 6.84. The van der Waals surface area contributed by atoms with Gasteiger partial charge in [0.1, 0.15) is 0 Å². The van der Waals surface area contributed by atoms with Crippen molar-refractivity contribution in [2.75, 3.05) is 12.3 Å². The van der Waals surface area contributed by atoms with Crippen molar-refractivity contribution in [2.45, 2.75) is 31.9 Å². The predicted molar refractivity (Wildman–Crippen MR) is 83.7 cm³/mol. The van der Waals surface area contributed by atoms with Crippen LogP contribution in [0.3, 0.4) is 0 Å². The van der Waals surface area contributed by atoms with E-state index in [1.54, 1.807) is 32.9 Å². The van der Waals surface area contributed by atoms with Gasteiger partial charge < -0.3 is 10.4 Å². The molecule has 1 amide bonds. The van der Waals surface area contributed by atoms with Gasteiger partial charge in [0.25, 0.3) is 0 Å². The normalized spacial score (nSPS) is 12.0. The van der Waals surface area contributed by atoms with Crippen LogP contribution in [0.1, 0.15) is 36.7 Å². The third-order valence-electron chi connectivity index (χ3n) is 3.16. The molecule has 6 nitrogen and oxygen atoms in total. The molecular formula is C15H21NO5S. The predicted octanol–water partition coefficient (Wildman–Crippen LogP) is 1.26. The number of nitrogens with one attached hydrogen (secondary N) is 1. The van der Waals surface area contributed by atoms with E-state index in [1.807, 2.05) is 0 Å². The van der Waals surface area contributed by atoms with Crippen LogP contribution in [-0.2, 0) is 21.1 Å². The summed E-state index contributed by atoms with van der Waals surface area (Å²) < 4.78 is 22.9. The van der Waals surface area contributed by atoms with Crippen molar-refractivity contribution in [3.8, 4) is 0 Å². The number of carbonyl (C=O) groups excluding carboxylic acids is 1. The highest BCUT2D eigenvalue weighted by molar-refractivity contribution is 7.92. The molecule has 7 heteroatoms. The van der Waals surface area contributed by atoms with E-state index in [0.29, 0.717) is 5.56 Å². The molecule has 1 aromatic carbocycles. The second-order valence-electron chi connectivity index (χ2n) is 5.96. The molecule has 2 N–H and O–H groups in total. The Morgan fingerprint density at radius 2 is 1.86 bits per heavy atom. The van der Waals surface area contributed by atoms with Crippen LogP contribution in [-0.4, -0.2) is 42.4 Å². The molecule has 0 aliphatic heterocycles. The average Bonchev–Trinajstić information content (AvgIpc) is 2.37. The molecule has 0 saturated carbocycles. The van der Waals surface area contributed by atoms with Crippen molar-refractivity contribution in [2.24, 2.45) is 0 Å². The molecule has 0 aliphatic carbocycles. The smallest absolute Gasteiger partial charge is 0.335 e. The topological polar surface area (TPSA) is 101 Å². The maximum atomic E-state index is 11.9. The number of amides is 1. The van der Waals surface area contributed by atoms with Gasteiger partial charge in [-0.05, 0) is 38.5 Å². The lowest BCUT2D eigenvalue weighted by atomic mass is 10.1. The van der Waals surface area contributed by atoms with E-state index < -0.39 is 20.6 Å². The van der Waals surface area contributed by atoms with Crippen LogP contribution in [0.25, 0.3) is 0 Å². The Morgan fingerprint density at radius 1 is 1.23 bits per heavy atom. The number of carbonyl (C=O) groups is 2. The summed E-state index contributed by atoms with van der Waals surface area (Å²) in [6.07, 6.45) is 0.0106. The van der Waals surface area contributed by atoms with Crippen LogP contribution in [0.15, 0.2) is 24.3 Å². The number of carboxylic acid groups (broad SMARTS) is 1. The van der Waals surface area contributed by atoms with Crippen molar-refractivity contribution in [3.63, 3.8) is 0 Å². The van der Waals surface area contributed by atoms with Gasteiger partial charge in [0.15, 0.2) is 9.84 Å². The van der Waals surface area contributed by atoms with Crippen LogP contribution in [0, 0.1) is 0 Å². The molecule has 0 heterocycles. The van der Waals surface area contributed by atoms with Gasteiger partial charge in [-0.3, -0.25) is 4.79 Å². The second-order valence-corrected chi connectivity index (χ2v) is 8.83.